The summed E-state index contributed by atoms with van der Waals surface area (Å²) in [6, 6.07) is 15.7. The van der Waals surface area contributed by atoms with E-state index in [0.717, 1.165) is 28.1 Å². The molecule has 2 aliphatic rings. The Labute approximate surface area is 209 Å². The lowest BCUT2D eigenvalue weighted by Crippen LogP contribution is -2.65. The average Bonchev–Trinajstić information content (AvgIpc) is 3.24. The molecule has 35 heavy (non-hydrogen) atoms. The van der Waals surface area contributed by atoms with Crippen LogP contribution in [0.3, 0.4) is 0 Å². The third-order valence-electron chi connectivity index (χ3n) is 6.98. The number of benzene rings is 2. The van der Waals surface area contributed by atoms with Gasteiger partial charge in [-0.25, -0.2) is 4.98 Å². The fraction of sp³-hybridized carbons (Fsp3) is 0.407. The second kappa shape index (κ2) is 9.01. The van der Waals surface area contributed by atoms with Gasteiger partial charge in [-0.15, -0.1) is 0 Å². The fourth-order valence-corrected chi connectivity index (χ4v) is 5.47. The third-order valence-corrected chi connectivity index (χ3v) is 7.22. The van der Waals surface area contributed by atoms with Gasteiger partial charge in [-0.05, 0) is 42.2 Å². The number of hydrogen-bond acceptors (Lipinski definition) is 4. The van der Waals surface area contributed by atoms with Gasteiger partial charge in [-0.2, -0.15) is 5.26 Å². The van der Waals surface area contributed by atoms with E-state index < -0.39 is 5.41 Å². The number of likely N-dealkylation sites (tertiary alicyclic amines) is 1. The highest BCUT2D eigenvalue weighted by molar-refractivity contribution is 6.31. The zero-order chi connectivity index (χ0) is 24.7. The van der Waals surface area contributed by atoms with Crippen molar-refractivity contribution in [1.29, 1.82) is 5.26 Å². The van der Waals surface area contributed by atoms with E-state index >= 15 is 0 Å². The van der Waals surface area contributed by atoms with Gasteiger partial charge in [0.25, 0.3) is 0 Å². The van der Waals surface area contributed by atoms with Crippen LogP contribution >= 0.6 is 11.6 Å². The predicted molar refractivity (Wildman–Crippen MR) is 135 cm³/mol. The average molecular weight is 490 g/mol. The summed E-state index contributed by atoms with van der Waals surface area (Å²) in [5.74, 6) is 1.16. The van der Waals surface area contributed by atoms with Gasteiger partial charge < -0.3 is 14.4 Å². The molecule has 7 nitrogen and oxygen atoms in total. The van der Waals surface area contributed by atoms with Crippen molar-refractivity contribution >= 4 is 40.1 Å². The first-order valence-electron chi connectivity index (χ1n) is 12.0. The highest BCUT2D eigenvalue weighted by Crippen LogP contribution is 2.48. The Kier molecular flexibility index (Phi) is 6.02. The second-order valence-electron chi connectivity index (χ2n) is 9.91. The summed E-state index contributed by atoms with van der Waals surface area (Å²) < 4.78 is 2.09. The van der Waals surface area contributed by atoms with E-state index in [0.29, 0.717) is 50.5 Å². The summed E-state index contributed by atoms with van der Waals surface area (Å²) >= 11 is 6.21. The predicted octanol–water partition coefficient (Wildman–Crippen LogP) is 4.67. The topological polar surface area (TPSA) is 82.2 Å². The maximum Gasteiger partial charge on any atom is 0.241 e. The zero-order valence-electron chi connectivity index (χ0n) is 20.0. The maximum absolute atomic E-state index is 13.9. The van der Waals surface area contributed by atoms with Gasteiger partial charge in [0.1, 0.15) is 11.2 Å². The minimum atomic E-state index is -0.690. The van der Waals surface area contributed by atoms with Crippen LogP contribution < -0.4 is 4.90 Å². The number of aryl methyl sites for hydroxylation is 1. The van der Waals surface area contributed by atoms with Crippen molar-refractivity contribution in [3.05, 3.63) is 58.9 Å². The molecule has 1 fully saturated rings. The zero-order valence-corrected chi connectivity index (χ0v) is 20.8. The summed E-state index contributed by atoms with van der Waals surface area (Å²) in [7, 11) is 0. The molecule has 180 valence electrons. The number of imidazole rings is 1. The molecule has 2 amide bonds. The Bertz CT molecular complexity index is 1350. The minimum absolute atomic E-state index is 0.0148. The Morgan fingerprint density at radius 3 is 2.74 bits per heavy atom. The number of para-hydroxylation sites is 1. The van der Waals surface area contributed by atoms with Crippen molar-refractivity contribution in [2.75, 3.05) is 18.0 Å². The summed E-state index contributed by atoms with van der Waals surface area (Å²) in [6.07, 6.45) is 1.63. The molecule has 5 rings (SSSR count). The molecule has 0 N–H and O–H groups in total. The van der Waals surface area contributed by atoms with E-state index in [9.17, 15) is 9.59 Å². The standard InChI is InChI=1S/C27H28ClN5O2/c1-18(2)13-25(34)31-16-27(17-31)20-7-3-4-8-22(20)33(26(27)35)15-24-30-21-14-19(28)9-10-23(21)32(24)12-6-5-11-29/h3-4,7-10,14,18H,5-6,12-13,15-17H2,1-2H3. The summed E-state index contributed by atoms with van der Waals surface area (Å²) in [5.41, 5.74) is 2.87. The number of carbonyl (C=O) groups excluding carboxylic acids is 2. The number of rotatable bonds is 7. The van der Waals surface area contributed by atoms with E-state index in [2.05, 4.69) is 10.6 Å². The number of unbranched alkanes of at least 4 members (excludes halogenated alkanes) is 1. The van der Waals surface area contributed by atoms with Crippen LogP contribution in [0.5, 0.6) is 0 Å². The summed E-state index contributed by atoms with van der Waals surface area (Å²) in [4.78, 5) is 34.9. The van der Waals surface area contributed by atoms with Gasteiger partial charge in [-0.1, -0.05) is 43.6 Å². The summed E-state index contributed by atoms with van der Waals surface area (Å²) in [5, 5.41) is 9.62. The molecule has 3 aromatic rings. The van der Waals surface area contributed by atoms with Crippen LogP contribution in [0.25, 0.3) is 11.0 Å². The quantitative estimate of drug-likeness (QED) is 0.452. The van der Waals surface area contributed by atoms with Crippen LogP contribution in [-0.2, 0) is 28.1 Å². The normalized spacial score (nSPS) is 16.1. The molecule has 0 atom stereocenters. The number of halogens is 1. The third kappa shape index (κ3) is 3.96. The van der Waals surface area contributed by atoms with Crippen molar-refractivity contribution in [3.63, 3.8) is 0 Å². The van der Waals surface area contributed by atoms with E-state index in [4.69, 9.17) is 21.8 Å². The van der Waals surface area contributed by atoms with Crippen molar-refractivity contribution in [1.82, 2.24) is 14.5 Å². The molecule has 0 radical (unpaired) electrons. The molecule has 0 bridgehead atoms. The van der Waals surface area contributed by atoms with Crippen molar-refractivity contribution < 1.29 is 9.59 Å². The SMILES string of the molecule is CC(C)CC(=O)N1CC2(C1)C(=O)N(Cc1nc3cc(Cl)ccc3n1CCCC#N)c1ccccc12. The van der Waals surface area contributed by atoms with Gasteiger partial charge >= 0.3 is 0 Å². The van der Waals surface area contributed by atoms with E-state index in [-0.39, 0.29) is 17.7 Å². The Balaban J connectivity index is 1.47. The van der Waals surface area contributed by atoms with Crippen LogP contribution in [0.1, 0.15) is 44.5 Å². The summed E-state index contributed by atoms with van der Waals surface area (Å²) in [6.45, 7) is 5.84. The van der Waals surface area contributed by atoms with Gasteiger partial charge in [0, 0.05) is 43.2 Å². The molecule has 1 saturated heterocycles. The highest BCUT2D eigenvalue weighted by atomic mass is 35.5. The largest absolute Gasteiger partial charge is 0.340 e. The van der Waals surface area contributed by atoms with Gasteiger partial charge in [0.2, 0.25) is 11.8 Å². The molecule has 0 saturated carbocycles. The lowest BCUT2D eigenvalue weighted by atomic mass is 9.74. The number of aromatic nitrogens is 2. The van der Waals surface area contributed by atoms with Crippen LogP contribution in [-0.4, -0.2) is 39.4 Å². The fourth-order valence-electron chi connectivity index (χ4n) is 5.30. The molecule has 2 aromatic carbocycles. The van der Waals surface area contributed by atoms with Gasteiger partial charge in [0.05, 0.1) is 23.6 Å². The monoisotopic (exact) mass is 489 g/mol. The van der Waals surface area contributed by atoms with Crippen molar-refractivity contribution in [2.45, 2.75) is 51.6 Å². The maximum atomic E-state index is 13.9. The van der Waals surface area contributed by atoms with E-state index in [1.165, 1.54) is 0 Å². The molecule has 1 spiro atoms. The molecule has 0 unspecified atom stereocenters. The first-order valence-corrected chi connectivity index (χ1v) is 12.4. The number of anilines is 1. The lowest BCUT2D eigenvalue weighted by Gasteiger charge is -2.47. The van der Waals surface area contributed by atoms with Crippen LogP contribution in [0.4, 0.5) is 5.69 Å². The second-order valence-corrected chi connectivity index (χ2v) is 10.3. The Hall–Kier alpha value is -3.37. The molecule has 8 heteroatoms. The Morgan fingerprint density at radius 1 is 1.23 bits per heavy atom. The first kappa shape index (κ1) is 23.4. The van der Waals surface area contributed by atoms with E-state index in [1.54, 1.807) is 4.90 Å². The van der Waals surface area contributed by atoms with Crippen LogP contribution in [0.15, 0.2) is 42.5 Å². The first-order chi connectivity index (χ1) is 16.8. The number of fused-ring (bicyclic) bond motifs is 3. The number of nitrogens with zero attached hydrogens (tertiary/aromatic N) is 5. The molecule has 0 aliphatic carbocycles. The van der Waals surface area contributed by atoms with Crippen LogP contribution in [0, 0.1) is 17.2 Å². The minimum Gasteiger partial charge on any atom is -0.340 e. The van der Waals surface area contributed by atoms with Crippen molar-refractivity contribution in [2.24, 2.45) is 5.92 Å². The van der Waals surface area contributed by atoms with Crippen molar-refractivity contribution in [3.8, 4) is 6.07 Å². The van der Waals surface area contributed by atoms with Gasteiger partial charge in [-0.3, -0.25) is 9.59 Å². The number of hydrogen-bond donors (Lipinski definition) is 0. The lowest BCUT2D eigenvalue weighted by molar-refractivity contribution is -0.144. The Morgan fingerprint density at radius 2 is 2.00 bits per heavy atom. The number of carbonyl (C=O) groups is 2. The molecule has 1 aromatic heterocycles. The molecular formula is C27H28ClN5O2. The van der Waals surface area contributed by atoms with Gasteiger partial charge in [0.15, 0.2) is 0 Å². The smallest absolute Gasteiger partial charge is 0.241 e. The molecular weight excluding hydrogens is 462 g/mol. The highest BCUT2D eigenvalue weighted by Gasteiger charge is 2.59. The van der Waals surface area contributed by atoms with E-state index in [1.807, 2.05) is 61.2 Å². The molecule has 2 aliphatic heterocycles. The molecule has 3 heterocycles. The number of amides is 2. The van der Waals surface area contributed by atoms with Crippen LogP contribution in [0.2, 0.25) is 5.02 Å². The number of nitriles is 1.